The maximum Gasteiger partial charge on any atom is 0.222 e. The van der Waals surface area contributed by atoms with Crippen molar-refractivity contribution in [1.29, 1.82) is 0 Å². The standard InChI is InChI=1S/C10H14ClN3/c1-10(3-2-4-10)7-14-9-12-5-8(11)6-13-9/h5-6H,2-4,7H2,1H3,(H,12,13,14). The van der Waals surface area contributed by atoms with Gasteiger partial charge in [-0.05, 0) is 18.3 Å². The molecule has 0 atom stereocenters. The van der Waals surface area contributed by atoms with E-state index in [1.165, 1.54) is 19.3 Å². The molecule has 0 bridgehead atoms. The first kappa shape index (κ1) is 9.71. The summed E-state index contributed by atoms with van der Waals surface area (Å²) in [6.45, 7) is 3.24. The summed E-state index contributed by atoms with van der Waals surface area (Å²) in [7, 11) is 0. The second-order valence-electron chi connectivity index (χ2n) is 4.24. The highest BCUT2D eigenvalue weighted by molar-refractivity contribution is 6.30. The first-order chi connectivity index (χ1) is 6.68. The molecular formula is C10H14ClN3. The second-order valence-corrected chi connectivity index (χ2v) is 4.68. The normalized spacial score (nSPS) is 18.7. The molecule has 1 N–H and O–H groups in total. The van der Waals surface area contributed by atoms with E-state index in [0.29, 0.717) is 16.4 Å². The van der Waals surface area contributed by atoms with Gasteiger partial charge in [0, 0.05) is 6.54 Å². The largest absolute Gasteiger partial charge is 0.354 e. The third-order valence-electron chi connectivity index (χ3n) is 2.85. The molecule has 0 aromatic carbocycles. The van der Waals surface area contributed by atoms with E-state index in [4.69, 9.17) is 11.6 Å². The lowest BCUT2D eigenvalue weighted by Gasteiger charge is -2.38. The van der Waals surface area contributed by atoms with Gasteiger partial charge >= 0.3 is 0 Å². The molecule has 1 aromatic heterocycles. The number of halogens is 1. The molecule has 0 aliphatic heterocycles. The zero-order valence-electron chi connectivity index (χ0n) is 8.26. The number of rotatable bonds is 3. The number of aromatic nitrogens is 2. The molecular weight excluding hydrogens is 198 g/mol. The van der Waals surface area contributed by atoms with Gasteiger partial charge in [-0.15, -0.1) is 0 Å². The molecule has 1 aliphatic rings. The molecule has 14 heavy (non-hydrogen) atoms. The van der Waals surface area contributed by atoms with Crippen molar-refractivity contribution in [1.82, 2.24) is 9.97 Å². The van der Waals surface area contributed by atoms with Crippen LogP contribution < -0.4 is 5.32 Å². The molecule has 0 unspecified atom stereocenters. The predicted molar refractivity (Wildman–Crippen MR) is 57.5 cm³/mol. The van der Waals surface area contributed by atoms with Gasteiger partial charge in [0.15, 0.2) is 0 Å². The summed E-state index contributed by atoms with van der Waals surface area (Å²) in [5.41, 5.74) is 0.447. The fraction of sp³-hybridized carbons (Fsp3) is 0.600. The van der Waals surface area contributed by atoms with Crippen LogP contribution in [0.15, 0.2) is 12.4 Å². The fourth-order valence-electron chi connectivity index (χ4n) is 1.65. The average Bonchev–Trinajstić information content (AvgIpc) is 2.14. The van der Waals surface area contributed by atoms with Crippen LogP contribution in [-0.2, 0) is 0 Å². The molecule has 1 saturated carbocycles. The first-order valence-corrected chi connectivity index (χ1v) is 5.27. The van der Waals surface area contributed by atoms with Crippen molar-refractivity contribution in [3.8, 4) is 0 Å². The Morgan fingerprint density at radius 2 is 2.07 bits per heavy atom. The number of hydrogen-bond donors (Lipinski definition) is 1. The monoisotopic (exact) mass is 211 g/mol. The van der Waals surface area contributed by atoms with Gasteiger partial charge in [-0.3, -0.25) is 0 Å². The lowest BCUT2D eigenvalue weighted by Crippen LogP contribution is -2.33. The van der Waals surface area contributed by atoms with Crippen molar-refractivity contribution in [3.05, 3.63) is 17.4 Å². The van der Waals surface area contributed by atoms with Gasteiger partial charge < -0.3 is 5.32 Å². The average molecular weight is 212 g/mol. The highest BCUT2D eigenvalue weighted by Crippen LogP contribution is 2.39. The molecule has 0 amide bonds. The Hall–Kier alpha value is -0.830. The Morgan fingerprint density at radius 1 is 1.43 bits per heavy atom. The Morgan fingerprint density at radius 3 is 2.57 bits per heavy atom. The smallest absolute Gasteiger partial charge is 0.222 e. The summed E-state index contributed by atoms with van der Waals surface area (Å²) in [6.07, 6.45) is 7.17. The van der Waals surface area contributed by atoms with Crippen molar-refractivity contribution in [2.75, 3.05) is 11.9 Å². The molecule has 1 aliphatic carbocycles. The second kappa shape index (κ2) is 3.73. The van der Waals surface area contributed by atoms with Crippen molar-refractivity contribution in [2.24, 2.45) is 5.41 Å². The quantitative estimate of drug-likeness (QED) is 0.836. The Kier molecular flexibility index (Phi) is 2.59. The van der Waals surface area contributed by atoms with Crippen LogP contribution in [0.1, 0.15) is 26.2 Å². The van der Waals surface area contributed by atoms with Crippen molar-refractivity contribution < 1.29 is 0 Å². The molecule has 0 spiro atoms. The molecule has 3 nitrogen and oxygen atoms in total. The zero-order valence-corrected chi connectivity index (χ0v) is 9.01. The highest BCUT2D eigenvalue weighted by atomic mass is 35.5. The van der Waals surface area contributed by atoms with Gasteiger partial charge in [-0.25, -0.2) is 9.97 Å². The summed E-state index contributed by atoms with van der Waals surface area (Å²) in [6, 6.07) is 0. The van der Waals surface area contributed by atoms with Gasteiger partial charge in [-0.2, -0.15) is 0 Å². The van der Waals surface area contributed by atoms with Crippen LogP contribution in [0.5, 0.6) is 0 Å². The van der Waals surface area contributed by atoms with E-state index >= 15 is 0 Å². The Balaban J connectivity index is 1.88. The Bertz CT molecular complexity index is 306. The van der Waals surface area contributed by atoms with Gasteiger partial charge in [0.25, 0.3) is 0 Å². The number of hydrogen-bond acceptors (Lipinski definition) is 3. The summed E-state index contributed by atoms with van der Waals surface area (Å²) in [4.78, 5) is 8.17. The molecule has 1 fully saturated rings. The predicted octanol–water partition coefficient (Wildman–Crippen LogP) is 2.73. The maximum absolute atomic E-state index is 5.69. The Labute approximate surface area is 88.9 Å². The maximum atomic E-state index is 5.69. The number of nitrogens with zero attached hydrogens (tertiary/aromatic N) is 2. The third kappa shape index (κ3) is 2.15. The van der Waals surface area contributed by atoms with E-state index in [9.17, 15) is 0 Å². The van der Waals surface area contributed by atoms with E-state index in [0.717, 1.165) is 6.54 Å². The minimum absolute atomic E-state index is 0.447. The molecule has 1 aromatic rings. The van der Waals surface area contributed by atoms with Crippen LogP contribution in [0.4, 0.5) is 5.95 Å². The highest BCUT2D eigenvalue weighted by Gasteiger charge is 2.31. The number of nitrogens with one attached hydrogen (secondary N) is 1. The van der Waals surface area contributed by atoms with Crippen LogP contribution in [-0.4, -0.2) is 16.5 Å². The minimum atomic E-state index is 0.447. The van der Waals surface area contributed by atoms with Crippen LogP contribution in [0.25, 0.3) is 0 Å². The summed E-state index contributed by atoms with van der Waals surface area (Å²) in [5, 5.41) is 3.81. The van der Waals surface area contributed by atoms with Crippen LogP contribution in [0.2, 0.25) is 5.02 Å². The van der Waals surface area contributed by atoms with E-state index in [-0.39, 0.29) is 0 Å². The van der Waals surface area contributed by atoms with E-state index < -0.39 is 0 Å². The number of anilines is 1. The lowest BCUT2D eigenvalue weighted by molar-refractivity contribution is 0.179. The van der Waals surface area contributed by atoms with Gasteiger partial charge in [0.2, 0.25) is 5.95 Å². The van der Waals surface area contributed by atoms with Gasteiger partial charge in [0.1, 0.15) is 0 Å². The van der Waals surface area contributed by atoms with Crippen molar-refractivity contribution in [3.63, 3.8) is 0 Å². The van der Waals surface area contributed by atoms with Crippen molar-refractivity contribution in [2.45, 2.75) is 26.2 Å². The van der Waals surface area contributed by atoms with Crippen LogP contribution in [0, 0.1) is 5.41 Å². The molecule has 76 valence electrons. The van der Waals surface area contributed by atoms with Gasteiger partial charge in [-0.1, -0.05) is 24.9 Å². The van der Waals surface area contributed by atoms with Crippen molar-refractivity contribution >= 4 is 17.5 Å². The SMILES string of the molecule is CC1(CNc2ncc(Cl)cn2)CCC1. The van der Waals surface area contributed by atoms with Crippen LogP contribution in [0.3, 0.4) is 0 Å². The third-order valence-corrected chi connectivity index (χ3v) is 3.05. The van der Waals surface area contributed by atoms with E-state index in [2.05, 4.69) is 22.2 Å². The van der Waals surface area contributed by atoms with Gasteiger partial charge in [0.05, 0.1) is 17.4 Å². The topological polar surface area (TPSA) is 37.8 Å². The minimum Gasteiger partial charge on any atom is -0.354 e. The summed E-state index contributed by atoms with van der Waals surface area (Å²) < 4.78 is 0. The summed E-state index contributed by atoms with van der Waals surface area (Å²) >= 11 is 5.69. The zero-order chi connectivity index (χ0) is 10.0. The molecule has 1 heterocycles. The van der Waals surface area contributed by atoms with Crippen LogP contribution >= 0.6 is 11.6 Å². The van der Waals surface area contributed by atoms with E-state index in [1.54, 1.807) is 12.4 Å². The lowest BCUT2D eigenvalue weighted by atomic mass is 9.70. The first-order valence-electron chi connectivity index (χ1n) is 4.89. The molecule has 4 heteroatoms. The molecule has 0 radical (unpaired) electrons. The molecule has 0 saturated heterocycles. The summed E-state index contributed by atoms with van der Waals surface area (Å²) in [5.74, 6) is 0.669. The van der Waals surface area contributed by atoms with E-state index in [1.807, 2.05) is 0 Å². The molecule has 2 rings (SSSR count). The fourth-order valence-corrected chi connectivity index (χ4v) is 1.75.